The summed E-state index contributed by atoms with van der Waals surface area (Å²) >= 11 is 0. The number of anilines is 2. The first-order valence-corrected chi connectivity index (χ1v) is 14.7. The number of nitrogens with one attached hydrogen (secondary N) is 2. The second-order valence-corrected chi connectivity index (χ2v) is 12.5. The van der Waals surface area contributed by atoms with Crippen molar-refractivity contribution in [3.8, 4) is 0 Å². The van der Waals surface area contributed by atoms with E-state index in [1.165, 1.54) is 86.6 Å². The van der Waals surface area contributed by atoms with Gasteiger partial charge in [-0.25, -0.2) is 16.8 Å². The number of sulfonamides is 2. The van der Waals surface area contributed by atoms with Crippen LogP contribution in [0.2, 0.25) is 0 Å². The maximum Gasteiger partial charge on any atom is 0.269 e. The van der Waals surface area contributed by atoms with Crippen molar-refractivity contribution in [2.45, 2.75) is 23.6 Å². The molecule has 5 aromatic rings. The fourth-order valence-electron chi connectivity index (χ4n) is 4.23. The Morgan fingerprint density at radius 3 is 1.34 bits per heavy atom. The molecule has 13 nitrogen and oxygen atoms in total. The number of nitro benzene ring substituents is 2. The summed E-state index contributed by atoms with van der Waals surface area (Å²) in [6.07, 6.45) is 0. The van der Waals surface area contributed by atoms with Gasteiger partial charge in [0.2, 0.25) is 0 Å². The molecule has 0 aliphatic rings. The first-order valence-electron chi connectivity index (χ1n) is 11.8. The van der Waals surface area contributed by atoms with E-state index in [4.69, 9.17) is 4.42 Å². The summed E-state index contributed by atoms with van der Waals surface area (Å²) in [6, 6.07) is 15.7. The standard InChI is InChI=1S/C26H20N4O9S2/c1-15-11-17(29(31)32)3-7-23(15)27-40(35,36)19-5-9-25-21(13-19)22-14-20(6-10-26(22)39-25)41(37,38)28-24-8-4-18(30(33)34)12-16(24)2/h3-14,27-28H,1-2H3. The molecule has 0 bridgehead atoms. The lowest BCUT2D eigenvalue weighted by Gasteiger charge is -2.11. The fourth-order valence-corrected chi connectivity index (χ4v) is 6.54. The van der Waals surface area contributed by atoms with Gasteiger partial charge in [0.15, 0.2) is 0 Å². The lowest BCUT2D eigenvalue weighted by atomic mass is 10.1. The summed E-state index contributed by atoms with van der Waals surface area (Å²) < 4.78 is 63.3. The van der Waals surface area contributed by atoms with E-state index in [1.807, 2.05) is 0 Å². The normalized spacial score (nSPS) is 12.0. The van der Waals surface area contributed by atoms with Gasteiger partial charge in [0, 0.05) is 35.0 Å². The number of fused-ring (bicyclic) bond motifs is 3. The minimum absolute atomic E-state index is 0.140. The fraction of sp³-hybridized carbons (Fsp3) is 0.0769. The number of nitrogens with zero attached hydrogens (tertiary/aromatic N) is 2. The van der Waals surface area contributed by atoms with E-state index >= 15 is 0 Å². The Kier molecular flexibility index (Phi) is 6.63. The van der Waals surface area contributed by atoms with E-state index in [0.29, 0.717) is 33.1 Å². The van der Waals surface area contributed by atoms with Crippen LogP contribution in [0.25, 0.3) is 21.9 Å². The molecule has 0 aliphatic carbocycles. The molecule has 41 heavy (non-hydrogen) atoms. The lowest BCUT2D eigenvalue weighted by Crippen LogP contribution is -2.14. The van der Waals surface area contributed by atoms with Gasteiger partial charge in [0.25, 0.3) is 31.4 Å². The molecule has 0 amide bonds. The molecule has 0 saturated heterocycles. The van der Waals surface area contributed by atoms with E-state index in [0.717, 1.165) is 0 Å². The van der Waals surface area contributed by atoms with Crippen molar-refractivity contribution in [3.63, 3.8) is 0 Å². The summed E-state index contributed by atoms with van der Waals surface area (Å²) in [5.74, 6) is 0. The molecule has 1 aromatic heterocycles. The molecule has 4 aromatic carbocycles. The summed E-state index contributed by atoms with van der Waals surface area (Å²) in [7, 11) is -8.28. The Morgan fingerprint density at radius 2 is 1.00 bits per heavy atom. The molecule has 0 fully saturated rings. The Hall–Kier alpha value is -5.02. The molecule has 2 N–H and O–H groups in total. The minimum Gasteiger partial charge on any atom is -0.456 e. The number of hydrogen-bond donors (Lipinski definition) is 2. The molecule has 1 heterocycles. The van der Waals surface area contributed by atoms with Crippen molar-refractivity contribution < 1.29 is 31.1 Å². The summed E-state index contributed by atoms with van der Waals surface area (Å²) in [5, 5.41) is 22.7. The molecule has 0 spiro atoms. The third kappa shape index (κ3) is 5.27. The third-order valence-electron chi connectivity index (χ3n) is 6.36. The molecular formula is C26H20N4O9S2. The number of aryl methyl sites for hydroxylation is 2. The van der Waals surface area contributed by atoms with Crippen LogP contribution in [0.5, 0.6) is 0 Å². The molecule has 0 atom stereocenters. The maximum atomic E-state index is 13.2. The number of nitro groups is 2. The SMILES string of the molecule is Cc1cc([N+](=O)[O-])ccc1NS(=O)(=O)c1ccc2oc3ccc(S(=O)(=O)Nc4ccc([N+](=O)[O-])cc4C)cc3c2c1. The Bertz CT molecular complexity index is 1970. The van der Waals surface area contributed by atoms with Gasteiger partial charge in [-0.15, -0.1) is 0 Å². The highest BCUT2D eigenvalue weighted by Gasteiger charge is 2.22. The van der Waals surface area contributed by atoms with Crippen LogP contribution >= 0.6 is 0 Å². The molecule has 0 saturated carbocycles. The lowest BCUT2D eigenvalue weighted by molar-refractivity contribution is -0.385. The van der Waals surface area contributed by atoms with E-state index in [1.54, 1.807) is 0 Å². The van der Waals surface area contributed by atoms with Crippen LogP contribution in [-0.2, 0) is 20.0 Å². The van der Waals surface area contributed by atoms with E-state index in [2.05, 4.69) is 9.44 Å². The van der Waals surface area contributed by atoms with Gasteiger partial charge in [-0.3, -0.25) is 29.7 Å². The van der Waals surface area contributed by atoms with Gasteiger partial charge in [0.05, 0.1) is 31.0 Å². The number of non-ortho nitro benzene ring substituents is 2. The van der Waals surface area contributed by atoms with E-state index in [9.17, 15) is 37.1 Å². The summed E-state index contributed by atoms with van der Waals surface area (Å²) in [6.45, 7) is 3.07. The molecule has 210 valence electrons. The number of benzene rings is 4. The highest BCUT2D eigenvalue weighted by Crippen LogP contribution is 2.34. The van der Waals surface area contributed by atoms with E-state index in [-0.39, 0.29) is 32.5 Å². The van der Waals surface area contributed by atoms with Crippen LogP contribution in [0.15, 0.2) is 87.0 Å². The average molecular weight is 597 g/mol. The van der Waals surface area contributed by atoms with Gasteiger partial charge in [-0.05, 0) is 73.5 Å². The van der Waals surface area contributed by atoms with Crippen molar-refractivity contribution in [1.29, 1.82) is 0 Å². The van der Waals surface area contributed by atoms with Crippen molar-refractivity contribution in [3.05, 3.63) is 104 Å². The molecule has 0 unspecified atom stereocenters. The average Bonchev–Trinajstić information content (AvgIpc) is 3.28. The topological polar surface area (TPSA) is 192 Å². The molecule has 5 rings (SSSR count). The van der Waals surface area contributed by atoms with Crippen LogP contribution in [0.1, 0.15) is 11.1 Å². The zero-order chi connectivity index (χ0) is 29.7. The Balaban J connectivity index is 1.50. The molecule has 0 radical (unpaired) electrons. The zero-order valence-electron chi connectivity index (χ0n) is 21.3. The highest BCUT2D eigenvalue weighted by atomic mass is 32.2. The van der Waals surface area contributed by atoms with Crippen molar-refractivity contribution in [2.24, 2.45) is 0 Å². The maximum absolute atomic E-state index is 13.2. The zero-order valence-corrected chi connectivity index (χ0v) is 22.9. The van der Waals surface area contributed by atoms with Crippen LogP contribution in [0.4, 0.5) is 22.7 Å². The van der Waals surface area contributed by atoms with Crippen LogP contribution in [0, 0.1) is 34.1 Å². The third-order valence-corrected chi connectivity index (χ3v) is 9.09. The second-order valence-electron chi connectivity index (χ2n) is 9.14. The molecular weight excluding hydrogens is 576 g/mol. The largest absolute Gasteiger partial charge is 0.456 e. The van der Waals surface area contributed by atoms with Crippen LogP contribution in [0.3, 0.4) is 0 Å². The number of furan rings is 1. The summed E-state index contributed by atoms with van der Waals surface area (Å²) in [4.78, 5) is 20.5. The summed E-state index contributed by atoms with van der Waals surface area (Å²) in [5.41, 5.74) is 1.30. The number of hydrogen-bond acceptors (Lipinski definition) is 9. The van der Waals surface area contributed by atoms with Gasteiger partial charge in [-0.1, -0.05) is 0 Å². The van der Waals surface area contributed by atoms with E-state index < -0.39 is 29.9 Å². The van der Waals surface area contributed by atoms with Gasteiger partial charge >= 0.3 is 0 Å². The molecule has 0 aliphatic heterocycles. The van der Waals surface area contributed by atoms with Crippen LogP contribution < -0.4 is 9.44 Å². The smallest absolute Gasteiger partial charge is 0.269 e. The predicted octanol–water partition coefficient (Wildman–Crippen LogP) is 5.62. The van der Waals surface area contributed by atoms with Crippen molar-refractivity contribution >= 4 is 64.7 Å². The first kappa shape index (κ1) is 27.5. The van der Waals surface area contributed by atoms with Crippen molar-refractivity contribution in [1.82, 2.24) is 0 Å². The van der Waals surface area contributed by atoms with Gasteiger partial charge < -0.3 is 4.42 Å². The molecule has 15 heteroatoms. The quantitative estimate of drug-likeness (QED) is 0.169. The monoisotopic (exact) mass is 596 g/mol. The number of rotatable bonds is 8. The highest BCUT2D eigenvalue weighted by molar-refractivity contribution is 7.93. The predicted molar refractivity (Wildman–Crippen MR) is 151 cm³/mol. The van der Waals surface area contributed by atoms with Gasteiger partial charge in [-0.2, -0.15) is 0 Å². The second kappa shape index (κ2) is 9.87. The first-order chi connectivity index (χ1) is 19.2. The Labute approximate surface area is 232 Å². The van der Waals surface area contributed by atoms with Crippen LogP contribution in [-0.4, -0.2) is 26.7 Å². The Morgan fingerprint density at radius 1 is 0.610 bits per heavy atom. The van der Waals surface area contributed by atoms with Gasteiger partial charge in [0.1, 0.15) is 11.2 Å². The van der Waals surface area contributed by atoms with Crippen molar-refractivity contribution in [2.75, 3.05) is 9.44 Å². The minimum atomic E-state index is -4.14.